The van der Waals surface area contributed by atoms with E-state index in [0.717, 1.165) is 17.1 Å². The number of hydrogen-bond acceptors (Lipinski definition) is 1. The summed E-state index contributed by atoms with van der Waals surface area (Å²) in [4.78, 5) is 2.48. The highest BCUT2D eigenvalue weighted by Gasteiger charge is 2.59. The largest absolute Gasteiger partial charge is 0.310 e. The number of nitrogens with zero attached hydrogens (tertiary/aromatic N) is 1. The number of hydrogen-bond donors (Lipinski definition) is 0. The van der Waals surface area contributed by atoms with Gasteiger partial charge in [-0.2, -0.15) is 0 Å². The van der Waals surface area contributed by atoms with Gasteiger partial charge in [0.05, 0.1) is 16.5 Å². The molecule has 0 amide bonds. The van der Waals surface area contributed by atoms with Gasteiger partial charge in [0.2, 0.25) is 0 Å². The smallest absolute Gasteiger partial charge is 0.0720 e. The van der Waals surface area contributed by atoms with Crippen LogP contribution in [0.25, 0.3) is 44.5 Å². The maximum Gasteiger partial charge on any atom is 0.0720 e. The molecule has 0 saturated heterocycles. The molecule has 0 saturated carbocycles. The lowest BCUT2D eigenvalue weighted by Crippen LogP contribution is -2.43. The van der Waals surface area contributed by atoms with Gasteiger partial charge in [-0.1, -0.05) is 218 Å². The van der Waals surface area contributed by atoms with Crippen LogP contribution in [0, 0.1) is 0 Å². The molecule has 0 aromatic heterocycles. The molecule has 0 heterocycles. The molecule has 10 aromatic rings. The van der Waals surface area contributed by atoms with Gasteiger partial charge in [-0.05, 0) is 114 Å². The number of fused-ring (bicyclic) bond motifs is 16. The maximum absolute atomic E-state index is 2.48. The summed E-state index contributed by atoms with van der Waals surface area (Å²) in [6.07, 6.45) is 0. The second kappa shape index (κ2) is 13.8. The van der Waals surface area contributed by atoms with E-state index < -0.39 is 10.8 Å². The molecular formula is C62H41N. The third kappa shape index (κ3) is 4.88. The van der Waals surface area contributed by atoms with E-state index in [2.05, 4.69) is 254 Å². The Labute approximate surface area is 368 Å². The van der Waals surface area contributed by atoms with Gasteiger partial charge in [0, 0.05) is 16.9 Å². The predicted octanol–water partition coefficient (Wildman–Crippen LogP) is 15.5. The van der Waals surface area contributed by atoms with Crippen molar-refractivity contribution in [3.63, 3.8) is 0 Å². The minimum atomic E-state index is -0.577. The van der Waals surface area contributed by atoms with Crippen molar-refractivity contribution in [1.82, 2.24) is 0 Å². The lowest BCUT2D eigenvalue weighted by Gasteiger charge is -2.48. The van der Waals surface area contributed by atoms with Crippen molar-refractivity contribution < 1.29 is 0 Å². The van der Waals surface area contributed by atoms with Crippen molar-refractivity contribution in [2.75, 3.05) is 4.90 Å². The highest BCUT2D eigenvalue weighted by Crippen LogP contribution is 2.68. The molecule has 0 fully saturated rings. The fourth-order valence-electron chi connectivity index (χ4n) is 11.7. The fourth-order valence-corrected chi connectivity index (χ4v) is 11.7. The first-order valence-electron chi connectivity index (χ1n) is 22.0. The zero-order valence-corrected chi connectivity index (χ0v) is 34.6. The molecule has 63 heavy (non-hydrogen) atoms. The van der Waals surface area contributed by atoms with Crippen LogP contribution in [0.4, 0.5) is 17.1 Å². The SMILES string of the molecule is c1ccc(-c2ccc(N(c3ccc(-c4ccccc4)cc3)c3cccc4c3-c3ccccc3C43c4ccccc4C4(c5ccccc5-c5ccccc54)c4ccccc43)cc2)cc1. The molecule has 0 atom stereocenters. The summed E-state index contributed by atoms with van der Waals surface area (Å²) < 4.78 is 0. The molecule has 10 aromatic carbocycles. The first-order chi connectivity index (χ1) is 31.3. The van der Waals surface area contributed by atoms with Crippen LogP contribution >= 0.6 is 0 Å². The van der Waals surface area contributed by atoms with E-state index in [-0.39, 0.29) is 0 Å². The van der Waals surface area contributed by atoms with Gasteiger partial charge in [-0.25, -0.2) is 0 Å². The van der Waals surface area contributed by atoms with Crippen LogP contribution in [0.1, 0.15) is 44.5 Å². The highest BCUT2D eigenvalue weighted by atomic mass is 15.1. The monoisotopic (exact) mass is 799 g/mol. The van der Waals surface area contributed by atoms with E-state index in [9.17, 15) is 0 Å². The van der Waals surface area contributed by atoms with Gasteiger partial charge >= 0.3 is 0 Å². The summed E-state index contributed by atoms with van der Waals surface area (Å²) in [6, 6.07) is 92.7. The number of benzene rings is 10. The quantitative estimate of drug-likeness (QED) is 0.168. The Kier molecular flexibility index (Phi) is 7.80. The molecule has 3 aliphatic rings. The molecule has 0 bridgehead atoms. The van der Waals surface area contributed by atoms with Crippen LogP contribution in [0.5, 0.6) is 0 Å². The molecule has 2 spiro atoms. The predicted molar refractivity (Wildman–Crippen MR) is 260 cm³/mol. The fraction of sp³-hybridized carbons (Fsp3) is 0.0323. The molecule has 0 aliphatic heterocycles. The topological polar surface area (TPSA) is 3.24 Å². The van der Waals surface area contributed by atoms with E-state index in [0.29, 0.717) is 0 Å². The van der Waals surface area contributed by atoms with Gasteiger partial charge in [-0.3, -0.25) is 0 Å². The zero-order chi connectivity index (χ0) is 41.5. The van der Waals surface area contributed by atoms with Gasteiger partial charge in [0.15, 0.2) is 0 Å². The number of anilines is 3. The second-order valence-corrected chi connectivity index (χ2v) is 17.1. The maximum atomic E-state index is 2.48. The Morgan fingerprint density at radius 2 is 0.540 bits per heavy atom. The summed E-state index contributed by atoms with van der Waals surface area (Å²) in [6.45, 7) is 0. The van der Waals surface area contributed by atoms with Crippen LogP contribution in [0.15, 0.2) is 249 Å². The van der Waals surface area contributed by atoms with Gasteiger partial charge < -0.3 is 4.90 Å². The van der Waals surface area contributed by atoms with E-state index in [1.807, 2.05) is 0 Å². The lowest BCUT2D eigenvalue weighted by atomic mass is 9.52. The Morgan fingerprint density at radius 1 is 0.222 bits per heavy atom. The van der Waals surface area contributed by atoms with Crippen LogP contribution in [-0.4, -0.2) is 0 Å². The summed E-state index contributed by atoms with van der Waals surface area (Å²) in [5.74, 6) is 0. The van der Waals surface area contributed by atoms with Gasteiger partial charge in [0.1, 0.15) is 0 Å². The van der Waals surface area contributed by atoms with Gasteiger partial charge in [-0.15, -0.1) is 0 Å². The van der Waals surface area contributed by atoms with E-state index in [1.165, 1.54) is 89.0 Å². The van der Waals surface area contributed by atoms with E-state index >= 15 is 0 Å². The Morgan fingerprint density at radius 3 is 0.984 bits per heavy atom. The average Bonchev–Trinajstić information content (AvgIpc) is 3.83. The Balaban J connectivity index is 1.09. The molecule has 0 unspecified atom stereocenters. The minimum Gasteiger partial charge on any atom is -0.310 e. The van der Waals surface area contributed by atoms with Crippen LogP contribution in [0.2, 0.25) is 0 Å². The summed E-state index contributed by atoms with van der Waals surface area (Å²) in [5, 5.41) is 0. The van der Waals surface area contributed by atoms with E-state index in [4.69, 9.17) is 0 Å². The summed E-state index contributed by atoms with van der Waals surface area (Å²) >= 11 is 0. The number of rotatable bonds is 5. The minimum absolute atomic E-state index is 0.478. The molecule has 1 nitrogen and oxygen atoms in total. The van der Waals surface area contributed by atoms with Crippen LogP contribution < -0.4 is 4.90 Å². The standard InChI is InChI=1S/C62H41N/c1-3-18-42(19-4-1)44-34-38-46(39-35-44)63(47-40-36-45(37-41-47)43-20-5-2-6-21-43)59-33-17-32-58-60(59)50-24-9-12-27-53(50)62(58)56-30-15-13-28-54(56)61(55-29-14-16-31-57(55)62)51-25-10-7-22-48(51)49-23-8-11-26-52(49)61/h1-41H. The molecule has 0 radical (unpaired) electrons. The Bertz CT molecular complexity index is 3200. The van der Waals surface area contributed by atoms with Crippen molar-refractivity contribution in [2.45, 2.75) is 10.8 Å². The molecule has 0 N–H and O–H groups in total. The first-order valence-corrected chi connectivity index (χ1v) is 22.0. The van der Waals surface area contributed by atoms with E-state index in [1.54, 1.807) is 0 Å². The van der Waals surface area contributed by atoms with Crippen molar-refractivity contribution in [2.24, 2.45) is 0 Å². The first kappa shape index (κ1) is 35.7. The van der Waals surface area contributed by atoms with Gasteiger partial charge in [0.25, 0.3) is 0 Å². The average molecular weight is 800 g/mol. The zero-order valence-electron chi connectivity index (χ0n) is 34.6. The molecule has 1 heteroatoms. The van der Waals surface area contributed by atoms with Crippen LogP contribution in [-0.2, 0) is 10.8 Å². The molecule has 3 aliphatic carbocycles. The Hall–Kier alpha value is -8.00. The third-order valence-electron chi connectivity index (χ3n) is 14.2. The third-order valence-corrected chi connectivity index (χ3v) is 14.2. The van der Waals surface area contributed by atoms with Crippen molar-refractivity contribution in [3.05, 3.63) is 293 Å². The van der Waals surface area contributed by atoms with Crippen molar-refractivity contribution in [1.29, 1.82) is 0 Å². The summed E-state index contributed by atoms with van der Waals surface area (Å²) in [5.41, 5.74) is 23.0. The lowest BCUT2D eigenvalue weighted by molar-refractivity contribution is 0.633. The van der Waals surface area contributed by atoms with Crippen molar-refractivity contribution >= 4 is 17.1 Å². The highest BCUT2D eigenvalue weighted by molar-refractivity contribution is 6.00. The summed E-state index contributed by atoms with van der Waals surface area (Å²) in [7, 11) is 0. The molecule has 13 rings (SSSR count). The van der Waals surface area contributed by atoms with Crippen molar-refractivity contribution in [3.8, 4) is 44.5 Å². The molecular weight excluding hydrogens is 759 g/mol. The molecule has 294 valence electrons. The second-order valence-electron chi connectivity index (χ2n) is 17.1. The van der Waals surface area contributed by atoms with Crippen LogP contribution in [0.3, 0.4) is 0 Å². The normalized spacial score (nSPS) is 14.0.